The highest BCUT2D eigenvalue weighted by molar-refractivity contribution is 6.12. The summed E-state index contributed by atoms with van der Waals surface area (Å²) in [6.45, 7) is 2.24. The number of hydrogen-bond donors (Lipinski definition) is 0. The molecule has 21 heavy (non-hydrogen) atoms. The second kappa shape index (κ2) is 7.39. The summed E-state index contributed by atoms with van der Waals surface area (Å²) in [4.78, 5) is 24.9. The van der Waals surface area contributed by atoms with Gasteiger partial charge < -0.3 is 4.74 Å². The minimum absolute atomic E-state index is 0.233. The fourth-order valence-electron chi connectivity index (χ4n) is 2.10. The van der Waals surface area contributed by atoms with Gasteiger partial charge in [-0.1, -0.05) is 67.6 Å². The van der Waals surface area contributed by atoms with Crippen molar-refractivity contribution in [1.82, 2.24) is 0 Å². The molecule has 1 unspecified atom stereocenters. The molecule has 0 spiro atoms. The topological polar surface area (TPSA) is 43.4 Å². The zero-order valence-electron chi connectivity index (χ0n) is 12.0. The molecule has 2 rings (SSSR count). The molecule has 0 aliphatic rings. The van der Waals surface area contributed by atoms with Crippen LogP contribution in [-0.2, 0) is 9.53 Å². The van der Waals surface area contributed by atoms with E-state index in [1.54, 1.807) is 36.4 Å². The minimum atomic E-state index is -0.903. The molecule has 0 aliphatic carbocycles. The lowest BCUT2D eigenvalue weighted by molar-refractivity contribution is -0.144. The number of hydrogen-bond acceptors (Lipinski definition) is 3. The Kier molecular flexibility index (Phi) is 5.27. The number of ketones is 1. The Morgan fingerprint density at radius 1 is 0.952 bits per heavy atom. The Balaban J connectivity index is 2.32. The third-order valence-electron chi connectivity index (χ3n) is 3.14. The van der Waals surface area contributed by atoms with Gasteiger partial charge in [-0.15, -0.1) is 0 Å². The maximum absolute atomic E-state index is 12.6. The number of Topliss-reactive ketones (excluding diaryl/α,β-unsaturated/α-hetero) is 1. The number of rotatable bonds is 6. The Morgan fingerprint density at radius 2 is 1.52 bits per heavy atom. The van der Waals surface area contributed by atoms with Crippen molar-refractivity contribution in [2.45, 2.75) is 19.3 Å². The molecule has 0 fully saturated rings. The first-order valence-electron chi connectivity index (χ1n) is 7.05. The molecule has 0 radical (unpaired) electrons. The summed E-state index contributed by atoms with van der Waals surface area (Å²) in [6.07, 6.45) is 0.729. The molecule has 0 N–H and O–H groups in total. The van der Waals surface area contributed by atoms with E-state index in [9.17, 15) is 9.59 Å². The summed E-state index contributed by atoms with van der Waals surface area (Å²) in [7, 11) is 0. The Hall–Kier alpha value is -2.42. The third kappa shape index (κ3) is 3.78. The van der Waals surface area contributed by atoms with Gasteiger partial charge in [0, 0.05) is 5.56 Å². The van der Waals surface area contributed by atoms with E-state index < -0.39 is 11.9 Å². The average molecular weight is 282 g/mol. The lowest BCUT2D eigenvalue weighted by Crippen LogP contribution is -2.24. The van der Waals surface area contributed by atoms with Gasteiger partial charge in [0.05, 0.1) is 6.61 Å². The van der Waals surface area contributed by atoms with Gasteiger partial charge in [0.25, 0.3) is 0 Å². The quantitative estimate of drug-likeness (QED) is 0.462. The lowest BCUT2D eigenvalue weighted by atomic mass is 9.91. The van der Waals surface area contributed by atoms with Crippen LogP contribution in [0.25, 0.3) is 0 Å². The monoisotopic (exact) mass is 282 g/mol. The lowest BCUT2D eigenvalue weighted by Gasteiger charge is -2.15. The average Bonchev–Trinajstić information content (AvgIpc) is 2.55. The Bertz CT molecular complexity index is 590. The summed E-state index contributed by atoms with van der Waals surface area (Å²) in [6, 6.07) is 17.9. The number of carbonyl (C=O) groups excluding carboxylic acids is 2. The maximum atomic E-state index is 12.6. The molecular weight excluding hydrogens is 264 g/mol. The van der Waals surface area contributed by atoms with Crippen LogP contribution in [0.5, 0.6) is 0 Å². The van der Waals surface area contributed by atoms with Gasteiger partial charge in [-0.3, -0.25) is 9.59 Å². The van der Waals surface area contributed by atoms with Gasteiger partial charge in [-0.25, -0.2) is 0 Å². The normalized spacial score (nSPS) is 11.7. The molecule has 0 aliphatic heterocycles. The van der Waals surface area contributed by atoms with Crippen molar-refractivity contribution < 1.29 is 14.3 Å². The predicted molar refractivity (Wildman–Crippen MR) is 81.2 cm³/mol. The standard InChI is InChI=1S/C18H18O3/c1-2-13-21-18(20)16(14-9-5-3-6-10-14)17(19)15-11-7-4-8-12-15/h3-12,16H,2,13H2,1H3. The van der Waals surface area contributed by atoms with Gasteiger partial charge in [0.1, 0.15) is 5.92 Å². The van der Waals surface area contributed by atoms with Crippen molar-refractivity contribution >= 4 is 11.8 Å². The van der Waals surface area contributed by atoms with Crippen molar-refractivity contribution in [2.24, 2.45) is 0 Å². The van der Waals surface area contributed by atoms with Crippen LogP contribution in [0.4, 0.5) is 0 Å². The minimum Gasteiger partial charge on any atom is -0.465 e. The number of benzene rings is 2. The summed E-state index contributed by atoms with van der Waals surface area (Å²) in [5.74, 6) is -1.63. The van der Waals surface area contributed by atoms with Crippen LogP contribution in [0.2, 0.25) is 0 Å². The highest BCUT2D eigenvalue weighted by Crippen LogP contribution is 2.22. The van der Waals surface area contributed by atoms with Crippen LogP contribution in [0, 0.1) is 0 Å². The van der Waals surface area contributed by atoms with Crippen LogP contribution >= 0.6 is 0 Å². The summed E-state index contributed by atoms with van der Waals surface area (Å²) in [5.41, 5.74) is 1.17. The molecule has 2 aromatic rings. The van der Waals surface area contributed by atoms with E-state index in [1.165, 1.54) is 0 Å². The van der Waals surface area contributed by atoms with Gasteiger partial charge in [0.2, 0.25) is 0 Å². The first-order chi connectivity index (χ1) is 10.2. The summed E-state index contributed by atoms with van der Waals surface area (Å²) >= 11 is 0. The summed E-state index contributed by atoms with van der Waals surface area (Å²) in [5, 5.41) is 0. The highest BCUT2D eigenvalue weighted by Gasteiger charge is 2.30. The number of ether oxygens (including phenoxy) is 1. The van der Waals surface area contributed by atoms with Crippen LogP contribution in [0.15, 0.2) is 60.7 Å². The smallest absolute Gasteiger partial charge is 0.321 e. The molecule has 0 saturated carbocycles. The van der Waals surface area contributed by atoms with Crippen molar-refractivity contribution in [3.05, 3.63) is 71.8 Å². The Morgan fingerprint density at radius 3 is 2.10 bits per heavy atom. The van der Waals surface area contributed by atoms with Crippen LogP contribution in [0.1, 0.15) is 35.2 Å². The first-order valence-corrected chi connectivity index (χ1v) is 7.05. The molecular formula is C18H18O3. The molecule has 0 amide bonds. The van der Waals surface area contributed by atoms with Crippen LogP contribution in [-0.4, -0.2) is 18.4 Å². The molecule has 0 aromatic heterocycles. The van der Waals surface area contributed by atoms with E-state index in [0.717, 1.165) is 6.42 Å². The van der Waals surface area contributed by atoms with E-state index in [0.29, 0.717) is 17.7 Å². The van der Waals surface area contributed by atoms with E-state index in [1.807, 2.05) is 31.2 Å². The first kappa shape index (κ1) is 15.0. The number of esters is 1. The molecule has 2 aromatic carbocycles. The second-order valence-corrected chi connectivity index (χ2v) is 4.74. The van der Waals surface area contributed by atoms with E-state index in [2.05, 4.69) is 0 Å². The molecule has 108 valence electrons. The van der Waals surface area contributed by atoms with Crippen molar-refractivity contribution in [3.63, 3.8) is 0 Å². The fourth-order valence-corrected chi connectivity index (χ4v) is 2.10. The number of carbonyl (C=O) groups is 2. The molecule has 3 heteroatoms. The van der Waals surface area contributed by atoms with Crippen molar-refractivity contribution in [1.29, 1.82) is 0 Å². The highest BCUT2D eigenvalue weighted by atomic mass is 16.5. The zero-order chi connectivity index (χ0) is 15.1. The maximum Gasteiger partial charge on any atom is 0.321 e. The van der Waals surface area contributed by atoms with Gasteiger partial charge in [-0.2, -0.15) is 0 Å². The van der Waals surface area contributed by atoms with E-state index in [4.69, 9.17) is 4.74 Å². The second-order valence-electron chi connectivity index (χ2n) is 4.74. The molecule has 3 nitrogen and oxygen atoms in total. The van der Waals surface area contributed by atoms with Crippen LogP contribution < -0.4 is 0 Å². The molecule has 1 atom stereocenters. The van der Waals surface area contributed by atoms with Crippen molar-refractivity contribution in [3.8, 4) is 0 Å². The zero-order valence-corrected chi connectivity index (χ0v) is 12.0. The predicted octanol–water partition coefficient (Wildman–Crippen LogP) is 3.61. The molecule has 0 bridgehead atoms. The fraction of sp³-hybridized carbons (Fsp3) is 0.222. The largest absolute Gasteiger partial charge is 0.465 e. The molecule has 0 heterocycles. The van der Waals surface area contributed by atoms with Crippen LogP contribution in [0.3, 0.4) is 0 Å². The SMILES string of the molecule is CCCOC(=O)C(C(=O)c1ccccc1)c1ccccc1. The van der Waals surface area contributed by atoms with E-state index in [-0.39, 0.29) is 5.78 Å². The molecule has 0 saturated heterocycles. The third-order valence-corrected chi connectivity index (χ3v) is 3.14. The van der Waals surface area contributed by atoms with Gasteiger partial charge in [-0.05, 0) is 12.0 Å². The van der Waals surface area contributed by atoms with Gasteiger partial charge in [0.15, 0.2) is 5.78 Å². The van der Waals surface area contributed by atoms with E-state index >= 15 is 0 Å². The summed E-state index contributed by atoms with van der Waals surface area (Å²) < 4.78 is 5.19. The Labute approximate surface area is 124 Å². The van der Waals surface area contributed by atoms with Crippen molar-refractivity contribution in [2.75, 3.05) is 6.61 Å². The van der Waals surface area contributed by atoms with Gasteiger partial charge >= 0.3 is 5.97 Å².